The molecule has 0 atom stereocenters. The Bertz CT molecular complexity index is 3610. The molecule has 0 amide bonds. The molecule has 0 bridgehead atoms. The highest BCUT2D eigenvalue weighted by atomic mass is 16.3. The number of fused-ring (bicyclic) bond motifs is 7. The summed E-state index contributed by atoms with van der Waals surface area (Å²) < 4.78 is 9.04. The third-order valence-corrected chi connectivity index (χ3v) is 12.7. The van der Waals surface area contributed by atoms with E-state index in [2.05, 4.69) is 187 Å². The summed E-state index contributed by atoms with van der Waals surface area (Å²) in [5.41, 5.74) is 15.3. The molecule has 0 N–H and O–H groups in total. The Morgan fingerprint density at radius 3 is 1.63 bits per heavy atom. The van der Waals surface area contributed by atoms with Crippen molar-refractivity contribution in [1.29, 1.82) is 0 Å². The molecular formula is C60H42N4O. The number of para-hydroxylation sites is 2. The van der Waals surface area contributed by atoms with Crippen LogP contribution in [0, 0.1) is 0 Å². The molecule has 3 aromatic heterocycles. The zero-order valence-electron chi connectivity index (χ0n) is 35.6. The van der Waals surface area contributed by atoms with Crippen LogP contribution in [0.25, 0.3) is 106 Å². The molecular weight excluding hydrogens is 793 g/mol. The van der Waals surface area contributed by atoms with Gasteiger partial charge in [0.15, 0.2) is 17.5 Å². The number of nitrogens with zero attached hydrogens (tertiary/aromatic N) is 4. The van der Waals surface area contributed by atoms with Crippen LogP contribution in [0.1, 0.15) is 17.5 Å². The molecule has 12 rings (SSSR count). The van der Waals surface area contributed by atoms with Crippen molar-refractivity contribution in [2.24, 2.45) is 0 Å². The number of rotatable bonds is 10. The molecule has 0 fully saturated rings. The third kappa shape index (κ3) is 6.95. The molecule has 0 aliphatic rings. The second kappa shape index (κ2) is 16.4. The summed E-state index contributed by atoms with van der Waals surface area (Å²) in [6.07, 6.45) is 2.58. The van der Waals surface area contributed by atoms with Gasteiger partial charge in [-0.1, -0.05) is 176 Å². The Morgan fingerprint density at radius 2 is 0.923 bits per heavy atom. The van der Waals surface area contributed by atoms with Crippen molar-refractivity contribution in [3.8, 4) is 62.1 Å². The van der Waals surface area contributed by atoms with Crippen LogP contribution >= 0.6 is 0 Å². The minimum atomic E-state index is 0.647. The number of furan rings is 1. The average Bonchev–Trinajstić information content (AvgIpc) is 3.94. The van der Waals surface area contributed by atoms with E-state index in [9.17, 15) is 0 Å². The average molecular weight is 835 g/mol. The summed E-state index contributed by atoms with van der Waals surface area (Å²) in [5.74, 6) is 1.95. The lowest BCUT2D eigenvalue weighted by Gasteiger charge is -2.16. The minimum absolute atomic E-state index is 0.647. The Morgan fingerprint density at radius 1 is 0.354 bits per heavy atom. The first-order valence-electron chi connectivity index (χ1n) is 22.3. The van der Waals surface area contributed by atoms with Gasteiger partial charge in [-0.05, 0) is 95.1 Å². The van der Waals surface area contributed by atoms with Crippen LogP contribution in [0.5, 0.6) is 0 Å². The van der Waals surface area contributed by atoms with Crippen LogP contribution in [0.15, 0.2) is 223 Å². The largest absolute Gasteiger partial charge is 0.456 e. The van der Waals surface area contributed by atoms with Gasteiger partial charge in [0.2, 0.25) is 0 Å². The Balaban J connectivity index is 0.984. The summed E-state index contributed by atoms with van der Waals surface area (Å²) in [6, 6.07) is 76.8. The lowest BCUT2D eigenvalue weighted by atomic mass is 9.90. The summed E-state index contributed by atoms with van der Waals surface area (Å²) >= 11 is 0. The number of aryl methyl sites for hydroxylation is 2. The minimum Gasteiger partial charge on any atom is -0.456 e. The highest BCUT2D eigenvalue weighted by molar-refractivity contribution is 6.28. The van der Waals surface area contributed by atoms with Crippen LogP contribution in [0.2, 0.25) is 0 Å². The monoisotopic (exact) mass is 834 g/mol. The molecule has 0 saturated heterocycles. The fourth-order valence-corrected chi connectivity index (χ4v) is 9.67. The Labute approximate surface area is 377 Å². The molecule has 3 heterocycles. The summed E-state index contributed by atoms with van der Waals surface area (Å²) in [6.45, 7) is 0. The first-order chi connectivity index (χ1) is 32.2. The van der Waals surface area contributed by atoms with Gasteiger partial charge < -0.3 is 8.98 Å². The zero-order chi connectivity index (χ0) is 43.1. The van der Waals surface area contributed by atoms with Gasteiger partial charge in [-0.15, -0.1) is 0 Å². The first kappa shape index (κ1) is 38.3. The molecule has 9 aromatic carbocycles. The molecule has 0 aliphatic carbocycles. The Kier molecular flexibility index (Phi) is 9.64. The highest BCUT2D eigenvalue weighted by Crippen LogP contribution is 2.43. The van der Waals surface area contributed by atoms with Crippen LogP contribution < -0.4 is 0 Å². The molecule has 5 heteroatoms. The van der Waals surface area contributed by atoms with Gasteiger partial charge >= 0.3 is 0 Å². The molecule has 0 aliphatic heterocycles. The molecule has 0 spiro atoms. The first-order valence-corrected chi connectivity index (χ1v) is 22.3. The van der Waals surface area contributed by atoms with E-state index in [1.165, 1.54) is 54.8 Å². The quantitative estimate of drug-likeness (QED) is 0.138. The van der Waals surface area contributed by atoms with Gasteiger partial charge in [-0.25, -0.2) is 15.0 Å². The molecule has 12 aromatic rings. The summed E-state index contributed by atoms with van der Waals surface area (Å²) in [4.78, 5) is 15.5. The van der Waals surface area contributed by atoms with Crippen LogP contribution in [-0.2, 0) is 12.8 Å². The lowest BCUT2D eigenvalue weighted by molar-refractivity contribution is 0.668. The fourth-order valence-electron chi connectivity index (χ4n) is 9.67. The smallest absolute Gasteiger partial charge is 0.164 e. The standard InChI is InChI=1S/C60H42N4O/c1-5-19-40(20-6-1)47-30-13-14-31-48(47)45-36-35-41(50(39-45)60-62-58(43-21-7-2-8-22-43)61-59(63-60)44-23-9-3-10-24-44)25-17-26-42-27-18-34-53-55(42)57-54(65-53)38-37-52-56(57)49-32-15-16-33-51(49)64(52)46-28-11-4-12-29-46/h1-16,18-24,27-39H,17,25-26H2. The van der Waals surface area contributed by atoms with E-state index < -0.39 is 0 Å². The van der Waals surface area contributed by atoms with E-state index in [4.69, 9.17) is 19.4 Å². The van der Waals surface area contributed by atoms with E-state index in [1.54, 1.807) is 0 Å². The van der Waals surface area contributed by atoms with Gasteiger partial charge in [0.1, 0.15) is 11.2 Å². The van der Waals surface area contributed by atoms with Crippen molar-refractivity contribution in [2.75, 3.05) is 0 Å². The van der Waals surface area contributed by atoms with Crippen LogP contribution in [0.4, 0.5) is 0 Å². The van der Waals surface area contributed by atoms with Crippen LogP contribution in [-0.4, -0.2) is 19.5 Å². The number of aromatic nitrogens is 4. The van der Waals surface area contributed by atoms with E-state index in [0.717, 1.165) is 63.9 Å². The topological polar surface area (TPSA) is 56.7 Å². The number of hydrogen-bond donors (Lipinski definition) is 0. The molecule has 0 saturated carbocycles. The molecule has 0 radical (unpaired) electrons. The predicted molar refractivity (Wildman–Crippen MR) is 267 cm³/mol. The number of benzene rings is 9. The Hall–Kier alpha value is -8.41. The van der Waals surface area contributed by atoms with Crippen LogP contribution in [0.3, 0.4) is 0 Å². The third-order valence-electron chi connectivity index (χ3n) is 12.7. The molecule has 65 heavy (non-hydrogen) atoms. The summed E-state index contributed by atoms with van der Waals surface area (Å²) in [7, 11) is 0. The second-order valence-electron chi connectivity index (χ2n) is 16.6. The van der Waals surface area contributed by atoms with Crippen molar-refractivity contribution >= 4 is 43.7 Å². The van der Waals surface area contributed by atoms with Gasteiger partial charge in [-0.3, -0.25) is 0 Å². The van der Waals surface area contributed by atoms with Crippen molar-refractivity contribution in [2.45, 2.75) is 19.3 Å². The molecule has 308 valence electrons. The predicted octanol–water partition coefficient (Wildman–Crippen LogP) is 15.4. The second-order valence-corrected chi connectivity index (χ2v) is 16.6. The van der Waals surface area contributed by atoms with E-state index in [0.29, 0.717) is 17.5 Å². The van der Waals surface area contributed by atoms with Gasteiger partial charge in [-0.2, -0.15) is 0 Å². The normalized spacial score (nSPS) is 11.6. The van der Waals surface area contributed by atoms with Crippen molar-refractivity contribution in [3.63, 3.8) is 0 Å². The van der Waals surface area contributed by atoms with Crippen molar-refractivity contribution < 1.29 is 4.42 Å². The maximum Gasteiger partial charge on any atom is 0.164 e. The van der Waals surface area contributed by atoms with Crippen molar-refractivity contribution in [3.05, 3.63) is 230 Å². The van der Waals surface area contributed by atoms with E-state index in [-0.39, 0.29) is 0 Å². The maximum absolute atomic E-state index is 6.67. The molecule has 5 nitrogen and oxygen atoms in total. The van der Waals surface area contributed by atoms with Gasteiger partial charge in [0.25, 0.3) is 0 Å². The van der Waals surface area contributed by atoms with E-state index in [1.807, 2.05) is 36.4 Å². The van der Waals surface area contributed by atoms with Gasteiger partial charge in [0.05, 0.1) is 11.0 Å². The maximum atomic E-state index is 6.67. The number of hydrogen-bond acceptors (Lipinski definition) is 4. The fraction of sp³-hybridized carbons (Fsp3) is 0.0500. The summed E-state index contributed by atoms with van der Waals surface area (Å²) in [5, 5.41) is 4.80. The van der Waals surface area contributed by atoms with Crippen molar-refractivity contribution in [1.82, 2.24) is 19.5 Å². The van der Waals surface area contributed by atoms with E-state index >= 15 is 0 Å². The zero-order valence-corrected chi connectivity index (χ0v) is 35.6. The highest BCUT2D eigenvalue weighted by Gasteiger charge is 2.21. The SMILES string of the molecule is c1ccc(-c2nc(-c3ccccc3)nc(-c3cc(-c4ccccc4-c4ccccc4)ccc3CCCc3cccc4oc5ccc6c(c7ccccc7n6-c6ccccc6)c5c34)n2)cc1. The lowest BCUT2D eigenvalue weighted by Crippen LogP contribution is -2.03. The molecule has 0 unspecified atom stereocenters. The van der Waals surface area contributed by atoms with Gasteiger partial charge in [0, 0.05) is 43.9 Å².